The fraction of sp³-hybridized carbons (Fsp3) is 0.174. The Balaban J connectivity index is 1.77. The molecule has 0 aliphatic rings. The normalized spacial score (nSPS) is 11.8. The summed E-state index contributed by atoms with van der Waals surface area (Å²) < 4.78 is 60.3. The predicted octanol–water partition coefficient (Wildman–Crippen LogP) is 5.83. The van der Waals surface area contributed by atoms with E-state index in [1.807, 2.05) is 36.6 Å². The molecule has 0 aliphatic heterocycles. The predicted molar refractivity (Wildman–Crippen MR) is 121 cm³/mol. The summed E-state index contributed by atoms with van der Waals surface area (Å²) in [6.45, 7) is -2.80. The quantitative estimate of drug-likeness (QED) is 0.241. The van der Waals surface area contributed by atoms with E-state index < -0.39 is 24.5 Å². The summed E-state index contributed by atoms with van der Waals surface area (Å²) in [5, 5.41) is 6.34. The minimum atomic E-state index is -3.21. The van der Waals surface area contributed by atoms with Gasteiger partial charge in [0.1, 0.15) is 22.2 Å². The SMILES string of the molecule is Cc1ccc(-c2csc3nc(C)n(/N=C\c4ccc(OC(F)F)cc4OC(F)F)c(=O)c23)cc1. The van der Waals surface area contributed by atoms with E-state index in [0.29, 0.717) is 15.8 Å². The molecule has 34 heavy (non-hydrogen) atoms. The van der Waals surface area contributed by atoms with Crippen molar-refractivity contribution in [2.45, 2.75) is 27.1 Å². The number of hydrogen-bond donors (Lipinski definition) is 0. The van der Waals surface area contributed by atoms with Gasteiger partial charge >= 0.3 is 13.2 Å². The van der Waals surface area contributed by atoms with Crippen molar-refractivity contribution in [1.82, 2.24) is 9.66 Å². The third-order valence-electron chi connectivity index (χ3n) is 4.85. The van der Waals surface area contributed by atoms with Crippen molar-refractivity contribution in [2.75, 3.05) is 0 Å². The topological polar surface area (TPSA) is 65.7 Å². The van der Waals surface area contributed by atoms with Crippen LogP contribution in [0.5, 0.6) is 11.5 Å². The van der Waals surface area contributed by atoms with Crippen molar-refractivity contribution in [2.24, 2.45) is 5.10 Å². The number of halogens is 4. The van der Waals surface area contributed by atoms with Crippen LogP contribution in [0.3, 0.4) is 0 Å². The molecule has 2 heterocycles. The van der Waals surface area contributed by atoms with Crippen molar-refractivity contribution in [3.8, 4) is 22.6 Å². The number of benzene rings is 2. The van der Waals surface area contributed by atoms with E-state index in [9.17, 15) is 22.4 Å². The lowest BCUT2D eigenvalue weighted by molar-refractivity contribution is -0.0543. The summed E-state index contributed by atoms with van der Waals surface area (Å²) in [5.74, 6) is -0.521. The van der Waals surface area contributed by atoms with Crippen LogP contribution >= 0.6 is 11.3 Å². The van der Waals surface area contributed by atoms with Gasteiger partial charge in [0.15, 0.2) is 0 Å². The first-order valence-corrected chi connectivity index (χ1v) is 10.8. The van der Waals surface area contributed by atoms with Gasteiger partial charge < -0.3 is 9.47 Å². The summed E-state index contributed by atoms with van der Waals surface area (Å²) in [6, 6.07) is 10.9. The Kier molecular flexibility index (Phi) is 6.64. The molecule has 0 unspecified atom stereocenters. The number of alkyl halides is 4. The Morgan fingerprint density at radius 1 is 1.03 bits per heavy atom. The number of thiophene rings is 1. The second-order valence-corrected chi connectivity index (χ2v) is 8.03. The molecule has 0 spiro atoms. The molecule has 4 aromatic rings. The lowest BCUT2D eigenvalue weighted by atomic mass is 10.1. The minimum absolute atomic E-state index is 0.0254. The van der Waals surface area contributed by atoms with Crippen LogP contribution in [0.4, 0.5) is 17.6 Å². The van der Waals surface area contributed by atoms with Gasteiger partial charge in [-0.05, 0) is 31.5 Å². The summed E-state index contributed by atoms with van der Waals surface area (Å²) in [7, 11) is 0. The van der Waals surface area contributed by atoms with Gasteiger partial charge in [-0.15, -0.1) is 11.3 Å². The van der Waals surface area contributed by atoms with Gasteiger partial charge in [-0.1, -0.05) is 29.8 Å². The highest BCUT2D eigenvalue weighted by Crippen LogP contribution is 2.31. The number of aryl methyl sites for hydroxylation is 2. The summed E-state index contributed by atoms with van der Waals surface area (Å²) >= 11 is 1.33. The first-order valence-electron chi connectivity index (χ1n) is 9.89. The van der Waals surface area contributed by atoms with E-state index in [-0.39, 0.29) is 17.1 Å². The highest BCUT2D eigenvalue weighted by atomic mass is 32.1. The van der Waals surface area contributed by atoms with Crippen LogP contribution in [0.25, 0.3) is 21.3 Å². The van der Waals surface area contributed by atoms with Crippen LogP contribution in [0.1, 0.15) is 17.0 Å². The number of fused-ring (bicyclic) bond motifs is 1. The van der Waals surface area contributed by atoms with E-state index in [1.54, 1.807) is 6.92 Å². The molecule has 0 aliphatic carbocycles. The summed E-state index contributed by atoms with van der Waals surface area (Å²) in [4.78, 5) is 18.3. The number of hydrogen-bond acceptors (Lipinski definition) is 6. The van der Waals surface area contributed by atoms with E-state index in [4.69, 9.17) is 0 Å². The lowest BCUT2D eigenvalue weighted by Crippen LogP contribution is -2.20. The highest BCUT2D eigenvalue weighted by Gasteiger charge is 2.16. The van der Waals surface area contributed by atoms with E-state index >= 15 is 0 Å². The molecule has 0 saturated heterocycles. The highest BCUT2D eigenvalue weighted by molar-refractivity contribution is 7.17. The molecule has 4 rings (SSSR count). The Bertz CT molecular complexity index is 1420. The van der Waals surface area contributed by atoms with Gasteiger partial charge in [0.25, 0.3) is 5.56 Å². The third kappa shape index (κ3) is 4.93. The first kappa shape index (κ1) is 23.4. The van der Waals surface area contributed by atoms with Crippen LogP contribution in [-0.4, -0.2) is 29.1 Å². The Labute approximate surface area is 194 Å². The zero-order valence-corrected chi connectivity index (χ0v) is 18.7. The lowest BCUT2D eigenvalue weighted by Gasteiger charge is -2.11. The van der Waals surface area contributed by atoms with Crippen molar-refractivity contribution in [1.29, 1.82) is 0 Å². The van der Waals surface area contributed by atoms with Crippen LogP contribution in [-0.2, 0) is 0 Å². The molecule has 0 bridgehead atoms. The van der Waals surface area contributed by atoms with Crippen LogP contribution in [0.15, 0.2) is 57.7 Å². The molecule has 11 heteroatoms. The number of ether oxygens (including phenoxy) is 2. The van der Waals surface area contributed by atoms with Crippen molar-refractivity contribution in [3.63, 3.8) is 0 Å². The average molecular weight is 491 g/mol. The zero-order valence-electron chi connectivity index (χ0n) is 17.8. The Hall–Kier alpha value is -3.73. The van der Waals surface area contributed by atoms with Gasteiger partial charge in [0.2, 0.25) is 0 Å². The standard InChI is InChI=1S/C23H17F4N3O3S/c1-12-3-5-14(6-4-12)17-11-34-20-19(17)21(31)30(13(2)29-20)28-10-15-7-8-16(32-22(24)25)9-18(15)33-23(26)27/h3-11,22-23H,1-2H3/b28-10-. The molecule has 0 radical (unpaired) electrons. The minimum Gasteiger partial charge on any atom is -0.435 e. The van der Waals surface area contributed by atoms with Gasteiger partial charge in [-0.25, -0.2) is 4.98 Å². The second kappa shape index (κ2) is 9.64. The first-order chi connectivity index (χ1) is 16.2. The summed E-state index contributed by atoms with van der Waals surface area (Å²) in [5.41, 5.74) is 2.21. The maximum Gasteiger partial charge on any atom is 0.387 e. The fourth-order valence-electron chi connectivity index (χ4n) is 3.28. The molecule has 2 aromatic carbocycles. The van der Waals surface area contributed by atoms with Gasteiger partial charge in [-0.3, -0.25) is 4.79 Å². The van der Waals surface area contributed by atoms with Crippen LogP contribution in [0.2, 0.25) is 0 Å². The van der Waals surface area contributed by atoms with Crippen LogP contribution in [0, 0.1) is 13.8 Å². The molecule has 0 atom stereocenters. The number of nitrogens with zero attached hydrogens (tertiary/aromatic N) is 3. The maximum absolute atomic E-state index is 13.3. The molecule has 0 fully saturated rings. The molecule has 0 saturated carbocycles. The van der Waals surface area contributed by atoms with Crippen molar-refractivity contribution in [3.05, 3.63) is 75.1 Å². The molecule has 0 N–H and O–H groups in total. The fourth-order valence-corrected chi connectivity index (χ4v) is 4.26. The second-order valence-electron chi connectivity index (χ2n) is 7.17. The van der Waals surface area contributed by atoms with E-state index in [2.05, 4.69) is 19.6 Å². The molecular weight excluding hydrogens is 474 g/mol. The molecule has 0 amide bonds. The third-order valence-corrected chi connectivity index (χ3v) is 5.72. The number of rotatable bonds is 7. The van der Waals surface area contributed by atoms with Crippen molar-refractivity contribution < 1.29 is 27.0 Å². The van der Waals surface area contributed by atoms with E-state index in [0.717, 1.165) is 34.2 Å². The monoisotopic (exact) mass is 491 g/mol. The number of aromatic nitrogens is 2. The largest absolute Gasteiger partial charge is 0.435 e. The van der Waals surface area contributed by atoms with Gasteiger partial charge in [-0.2, -0.15) is 27.3 Å². The zero-order chi connectivity index (χ0) is 24.4. The molecule has 6 nitrogen and oxygen atoms in total. The Morgan fingerprint density at radius 3 is 2.41 bits per heavy atom. The molecule has 176 valence electrons. The summed E-state index contributed by atoms with van der Waals surface area (Å²) in [6.07, 6.45) is 1.11. The van der Waals surface area contributed by atoms with Gasteiger partial charge in [0.05, 0.1) is 11.6 Å². The van der Waals surface area contributed by atoms with E-state index in [1.165, 1.54) is 17.4 Å². The Morgan fingerprint density at radius 2 is 1.74 bits per heavy atom. The molecular formula is C23H17F4N3O3S. The maximum atomic E-state index is 13.3. The molecule has 2 aromatic heterocycles. The average Bonchev–Trinajstić information content (AvgIpc) is 3.18. The van der Waals surface area contributed by atoms with Crippen LogP contribution < -0.4 is 15.0 Å². The van der Waals surface area contributed by atoms with Crippen molar-refractivity contribution >= 4 is 27.8 Å². The smallest absolute Gasteiger partial charge is 0.387 e. The van der Waals surface area contributed by atoms with Gasteiger partial charge in [0, 0.05) is 22.6 Å².